The molecule has 0 bridgehead atoms. The molecule has 0 aliphatic rings. The molecule has 0 fully saturated rings. The topological polar surface area (TPSA) is 85.0 Å². The lowest BCUT2D eigenvalue weighted by atomic mass is 10.3. The number of hydrogen-bond donors (Lipinski definition) is 2. The molecule has 1 unspecified atom stereocenters. The Balaban J connectivity index is 2.31. The Labute approximate surface area is 82.2 Å². The molecule has 14 heavy (non-hydrogen) atoms. The molecule has 1 rings (SSSR count). The van der Waals surface area contributed by atoms with Crippen LogP contribution in [0.5, 0.6) is 0 Å². The molecule has 0 saturated heterocycles. The molecule has 0 saturated carbocycles. The van der Waals surface area contributed by atoms with E-state index < -0.39 is 0 Å². The third-order valence-electron chi connectivity index (χ3n) is 1.87. The number of methoxy groups -OCH3 is 2. The van der Waals surface area contributed by atoms with Crippen LogP contribution >= 0.6 is 0 Å². The molecule has 0 spiro atoms. The Hall–Kier alpha value is -1.05. The van der Waals surface area contributed by atoms with Gasteiger partial charge in [-0.05, 0) is 6.92 Å². The van der Waals surface area contributed by atoms with Crippen molar-refractivity contribution in [2.75, 3.05) is 20.8 Å². The molecule has 0 radical (unpaired) electrons. The summed E-state index contributed by atoms with van der Waals surface area (Å²) in [4.78, 5) is 0. The van der Waals surface area contributed by atoms with Crippen LogP contribution in [0.15, 0.2) is 0 Å². The number of aromatic amines is 1. The highest BCUT2D eigenvalue weighted by Crippen LogP contribution is 2.03. The van der Waals surface area contributed by atoms with Crippen molar-refractivity contribution in [3.8, 4) is 0 Å². The highest BCUT2D eigenvalue weighted by molar-refractivity contribution is 4.85. The van der Waals surface area contributed by atoms with E-state index in [0.29, 0.717) is 12.4 Å². The molecule has 80 valence electrons. The van der Waals surface area contributed by atoms with Crippen molar-refractivity contribution in [3.63, 3.8) is 0 Å². The van der Waals surface area contributed by atoms with Gasteiger partial charge in [0, 0.05) is 20.8 Å². The molecular formula is C7H15N5O2. The van der Waals surface area contributed by atoms with Gasteiger partial charge in [-0.2, -0.15) is 5.21 Å². The van der Waals surface area contributed by atoms with Crippen molar-refractivity contribution < 1.29 is 9.47 Å². The first kappa shape index (κ1) is 11.0. The van der Waals surface area contributed by atoms with Gasteiger partial charge < -0.3 is 14.8 Å². The van der Waals surface area contributed by atoms with Crippen molar-refractivity contribution in [2.24, 2.45) is 0 Å². The van der Waals surface area contributed by atoms with Crippen molar-refractivity contribution in [3.05, 3.63) is 5.82 Å². The van der Waals surface area contributed by atoms with Gasteiger partial charge >= 0.3 is 0 Å². The molecule has 1 aromatic rings. The summed E-state index contributed by atoms with van der Waals surface area (Å²) in [5, 5.41) is 16.7. The normalized spacial score (nSPS) is 13.4. The number of tetrazole rings is 1. The van der Waals surface area contributed by atoms with E-state index >= 15 is 0 Å². The molecule has 1 heterocycles. The Bertz CT molecular complexity index is 236. The lowest BCUT2D eigenvalue weighted by molar-refractivity contribution is -0.0998. The molecule has 1 aromatic heterocycles. The van der Waals surface area contributed by atoms with E-state index in [-0.39, 0.29) is 12.3 Å². The van der Waals surface area contributed by atoms with E-state index in [1.54, 1.807) is 14.2 Å². The van der Waals surface area contributed by atoms with Crippen LogP contribution in [0.1, 0.15) is 18.8 Å². The zero-order valence-electron chi connectivity index (χ0n) is 8.52. The fraction of sp³-hybridized carbons (Fsp3) is 0.857. The van der Waals surface area contributed by atoms with Crippen molar-refractivity contribution >= 4 is 0 Å². The van der Waals surface area contributed by atoms with Gasteiger partial charge in [-0.3, -0.25) is 0 Å². The minimum Gasteiger partial charge on any atom is -0.355 e. The highest BCUT2D eigenvalue weighted by atomic mass is 16.7. The number of nitrogens with zero attached hydrogens (tertiary/aromatic N) is 3. The molecule has 1 atom stereocenters. The SMILES string of the molecule is COC(CNC(C)c1nn[nH]n1)OC. The van der Waals surface area contributed by atoms with Crippen molar-refractivity contribution in [1.29, 1.82) is 0 Å². The van der Waals surface area contributed by atoms with Gasteiger partial charge in [0.15, 0.2) is 12.1 Å². The van der Waals surface area contributed by atoms with Crippen LogP contribution in [-0.4, -0.2) is 47.7 Å². The van der Waals surface area contributed by atoms with Gasteiger partial charge in [-0.15, -0.1) is 10.2 Å². The molecule has 7 heteroatoms. The third kappa shape index (κ3) is 3.02. The molecule has 0 aliphatic heterocycles. The first-order chi connectivity index (χ1) is 6.77. The zero-order chi connectivity index (χ0) is 10.4. The fourth-order valence-electron chi connectivity index (χ4n) is 0.980. The number of hydrogen-bond acceptors (Lipinski definition) is 6. The lowest BCUT2D eigenvalue weighted by Gasteiger charge is -2.16. The van der Waals surface area contributed by atoms with Crippen LogP contribution < -0.4 is 5.32 Å². The lowest BCUT2D eigenvalue weighted by Crippen LogP contribution is -2.32. The van der Waals surface area contributed by atoms with Crippen molar-refractivity contribution in [2.45, 2.75) is 19.3 Å². The summed E-state index contributed by atoms with van der Waals surface area (Å²) < 4.78 is 10.0. The Morgan fingerprint density at radius 3 is 2.64 bits per heavy atom. The summed E-state index contributed by atoms with van der Waals surface area (Å²) in [6.07, 6.45) is -0.260. The largest absolute Gasteiger partial charge is 0.355 e. The van der Waals surface area contributed by atoms with E-state index in [9.17, 15) is 0 Å². The zero-order valence-corrected chi connectivity index (χ0v) is 8.52. The Morgan fingerprint density at radius 2 is 2.14 bits per heavy atom. The summed E-state index contributed by atoms with van der Waals surface area (Å²) in [5.74, 6) is 0.621. The van der Waals surface area contributed by atoms with E-state index in [1.165, 1.54) is 0 Å². The van der Waals surface area contributed by atoms with Crippen LogP contribution in [0.25, 0.3) is 0 Å². The average molecular weight is 201 g/mol. The average Bonchev–Trinajstić information content (AvgIpc) is 2.72. The predicted octanol–water partition coefficient (Wildman–Crippen LogP) is -0.531. The third-order valence-corrected chi connectivity index (χ3v) is 1.87. The maximum Gasteiger partial charge on any atom is 0.191 e. The minimum absolute atomic E-state index is 0.0153. The number of ether oxygens (including phenoxy) is 2. The summed E-state index contributed by atoms with van der Waals surface area (Å²) in [7, 11) is 3.18. The molecule has 7 nitrogen and oxygen atoms in total. The van der Waals surface area contributed by atoms with Gasteiger partial charge in [0.1, 0.15) is 0 Å². The first-order valence-corrected chi connectivity index (χ1v) is 4.30. The van der Waals surface area contributed by atoms with Gasteiger partial charge in [-0.1, -0.05) is 5.21 Å². The van der Waals surface area contributed by atoms with Crippen LogP contribution in [0, 0.1) is 0 Å². The van der Waals surface area contributed by atoms with Crippen molar-refractivity contribution in [1.82, 2.24) is 25.9 Å². The summed E-state index contributed by atoms with van der Waals surface area (Å²) in [6.45, 7) is 2.51. The monoisotopic (exact) mass is 201 g/mol. The Morgan fingerprint density at radius 1 is 1.43 bits per heavy atom. The highest BCUT2D eigenvalue weighted by Gasteiger charge is 2.12. The number of H-pyrrole nitrogens is 1. The number of aromatic nitrogens is 4. The van der Waals surface area contributed by atoms with Crippen LogP contribution in [-0.2, 0) is 9.47 Å². The number of nitrogens with one attached hydrogen (secondary N) is 2. The van der Waals surface area contributed by atoms with E-state index in [4.69, 9.17) is 9.47 Å². The van der Waals surface area contributed by atoms with E-state index in [1.807, 2.05) is 6.92 Å². The summed E-state index contributed by atoms with van der Waals surface area (Å²) >= 11 is 0. The second kappa shape index (κ2) is 5.63. The predicted molar refractivity (Wildman–Crippen MR) is 48.4 cm³/mol. The molecule has 0 aromatic carbocycles. The standard InChI is InChI=1S/C7H15N5O2/c1-5(7-9-11-12-10-7)8-4-6(13-2)14-3/h5-6,8H,4H2,1-3H3,(H,9,10,11,12). The van der Waals surface area contributed by atoms with E-state index in [0.717, 1.165) is 0 Å². The van der Waals surface area contributed by atoms with Crippen LogP contribution in [0.3, 0.4) is 0 Å². The maximum absolute atomic E-state index is 5.02. The van der Waals surface area contributed by atoms with E-state index in [2.05, 4.69) is 25.9 Å². The molecular weight excluding hydrogens is 186 g/mol. The number of rotatable bonds is 6. The minimum atomic E-state index is -0.260. The van der Waals surface area contributed by atoms with Gasteiger partial charge in [0.2, 0.25) is 0 Å². The van der Waals surface area contributed by atoms with Gasteiger partial charge in [0.05, 0.1) is 6.04 Å². The van der Waals surface area contributed by atoms with Crippen LogP contribution in [0.4, 0.5) is 0 Å². The Kier molecular flexibility index (Phi) is 4.44. The summed E-state index contributed by atoms with van der Waals surface area (Å²) in [6, 6.07) is 0.0153. The second-order valence-corrected chi connectivity index (χ2v) is 2.80. The molecule has 0 aliphatic carbocycles. The summed E-state index contributed by atoms with van der Waals surface area (Å²) in [5.41, 5.74) is 0. The van der Waals surface area contributed by atoms with Crippen LogP contribution in [0.2, 0.25) is 0 Å². The van der Waals surface area contributed by atoms with Gasteiger partial charge in [0.25, 0.3) is 0 Å². The quantitative estimate of drug-likeness (QED) is 0.602. The smallest absolute Gasteiger partial charge is 0.191 e. The second-order valence-electron chi connectivity index (χ2n) is 2.80. The maximum atomic E-state index is 5.02. The fourth-order valence-corrected chi connectivity index (χ4v) is 0.980. The molecule has 2 N–H and O–H groups in total. The molecule has 0 amide bonds. The van der Waals surface area contributed by atoms with Gasteiger partial charge in [-0.25, -0.2) is 0 Å². The first-order valence-electron chi connectivity index (χ1n) is 4.30.